The second-order valence-corrected chi connectivity index (χ2v) is 6.54. The third-order valence-electron chi connectivity index (χ3n) is 3.91. The average Bonchev–Trinajstić information content (AvgIpc) is 2.91. The van der Waals surface area contributed by atoms with Crippen LogP contribution in [0.3, 0.4) is 0 Å². The fourth-order valence-corrected chi connectivity index (χ4v) is 2.84. The van der Waals surface area contributed by atoms with E-state index < -0.39 is 35.6 Å². The number of hydrogen-bond donors (Lipinski definition) is 2. The summed E-state index contributed by atoms with van der Waals surface area (Å²) in [4.78, 5) is 46.4. The van der Waals surface area contributed by atoms with E-state index in [4.69, 9.17) is 14.9 Å². The van der Waals surface area contributed by atoms with Gasteiger partial charge in [-0.05, 0) is 28.9 Å². The summed E-state index contributed by atoms with van der Waals surface area (Å²) in [5.41, 5.74) is 6.20. The molecular weight excluding hydrogens is 412 g/mol. The number of nitrogens with one attached hydrogen (secondary N) is 1. The van der Waals surface area contributed by atoms with Crippen LogP contribution in [0.25, 0.3) is 11.0 Å². The molecule has 0 radical (unpaired) electrons. The van der Waals surface area contributed by atoms with Crippen LogP contribution in [0.15, 0.2) is 31.9 Å². The molecule has 3 rings (SSSR count). The third-order valence-corrected chi connectivity index (χ3v) is 4.60. The first-order valence-electron chi connectivity index (χ1n) is 7.47. The number of halogens is 1. The topological polar surface area (TPSA) is 138 Å². The summed E-state index contributed by atoms with van der Waals surface area (Å²) in [5.74, 6) is -2.53. The molecular formula is C16H13BrN2O7. The zero-order valence-electron chi connectivity index (χ0n) is 13.4. The zero-order chi connectivity index (χ0) is 19.0. The van der Waals surface area contributed by atoms with Gasteiger partial charge in [0.05, 0.1) is 5.92 Å². The predicted octanol–water partition coefficient (Wildman–Crippen LogP) is 1.45. The maximum Gasteiger partial charge on any atom is 0.415 e. The Labute approximate surface area is 154 Å². The molecule has 0 unspecified atom stereocenters. The molecule has 26 heavy (non-hydrogen) atoms. The maximum atomic E-state index is 12.2. The van der Waals surface area contributed by atoms with E-state index in [1.165, 1.54) is 19.1 Å². The van der Waals surface area contributed by atoms with Gasteiger partial charge in [-0.15, -0.1) is 0 Å². The van der Waals surface area contributed by atoms with Crippen LogP contribution in [0, 0.1) is 5.92 Å². The van der Waals surface area contributed by atoms with Crippen molar-refractivity contribution in [3.63, 3.8) is 0 Å². The van der Waals surface area contributed by atoms with Gasteiger partial charge in [-0.25, -0.2) is 14.4 Å². The minimum absolute atomic E-state index is 0.225. The number of carbonyl (C=O) groups excluding carboxylic acids is 3. The van der Waals surface area contributed by atoms with Crippen molar-refractivity contribution in [1.82, 2.24) is 5.32 Å². The highest BCUT2D eigenvalue weighted by Gasteiger charge is 2.40. The second-order valence-electron chi connectivity index (χ2n) is 5.69. The molecule has 1 aromatic carbocycles. The molecule has 1 saturated heterocycles. The fourth-order valence-electron chi connectivity index (χ4n) is 2.50. The Hall–Kier alpha value is -2.88. The lowest BCUT2D eigenvalue weighted by molar-refractivity contribution is -0.153. The van der Waals surface area contributed by atoms with Crippen molar-refractivity contribution in [3.05, 3.63) is 38.7 Å². The highest BCUT2D eigenvalue weighted by Crippen LogP contribution is 2.28. The van der Waals surface area contributed by atoms with Crippen LogP contribution in [-0.4, -0.2) is 24.1 Å². The van der Waals surface area contributed by atoms with Crippen molar-refractivity contribution in [2.45, 2.75) is 19.6 Å². The molecule has 1 aromatic heterocycles. The molecule has 136 valence electrons. The summed E-state index contributed by atoms with van der Waals surface area (Å²) in [5, 5.41) is 2.78. The van der Waals surface area contributed by atoms with Gasteiger partial charge in [-0.1, -0.05) is 0 Å². The Morgan fingerprint density at radius 3 is 2.73 bits per heavy atom. The molecule has 2 atom stereocenters. The Bertz CT molecular complexity index is 984. The van der Waals surface area contributed by atoms with E-state index in [1.54, 1.807) is 6.07 Å². The molecule has 2 aromatic rings. The Morgan fingerprint density at radius 1 is 1.35 bits per heavy atom. The van der Waals surface area contributed by atoms with E-state index in [9.17, 15) is 19.2 Å². The van der Waals surface area contributed by atoms with E-state index in [1.807, 2.05) is 0 Å². The van der Waals surface area contributed by atoms with Crippen molar-refractivity contribution in [3.8, 4) is 0 Å². The summed E-state index contributed by atoms with van der Waals surface area (Å²) in [7, 11) is 0. The van der Waals surface area contributed by atoms with Gasteiger partial charge in [-0.2, -0.15) is 0 Å². The summed E-state index contributed by atoms with van der Waals surface area (Å²) in [6.45, 7) is 1.20. The van der Waals surface area contributed by atoms with Crippen LogP contribution in [0.2, 0.25) is 0 Å². The summed E-state index contributed by atoms with van der Waals surface area (Å²) >= 11 is 3.29. The number of ether oxygens (including phenoxy) is 2. The largest absolute Gasteiger partial charge is 0.461 e. The van der Waals surface area contributed by atoms with E-state index in [0.717, 1.165) is 0 Å². The zero-order valence-corrected chi connectivity index (χ0v) is 15.0. The summed E-state index contributed by atoms with van der Waals surface area (Å²) in [6.07, 6.45) is -0.909. The smallest absolute Gasteiger partial charge is 0.415 e. The molecule has 9 nitrogen and oxygen atoms in total. The number of benzene rings is 1. The standard InChI is InChI=1S/C16H13BrN2O7/c1-6(13-15(22)26-16(23)19-13)14(21)24-5-7-2-12(20)25-11-4-10(18)9(17)3-8(7)11/h2-4,6,13H,5,18H2,1H3,(H,19,23)/t6-,13-/m0/s1. The second kappa shape index (κ2) is 6.79. The van der Waals surface area contributed by atoms with Gasteiger partial charge < -0.3 is 24.9 Å². The molecule has 0 aliphatic carbocycles. The Kier molecular flexibility index (Phi) is 4.68. The number of nitrogens with two attached hydrogens (primary N) is 1. The lowest BCUT2D eigenvalue weighted by Crippen LogP contribution is -2.39. The number of carbonyl (C=O) groups is 3. The average molecular weight is 425 g/mol. The van der Waals surface area contributed by atoms with Crippen molar-refractivity contribution in [1.29, 1.82) is 0 Å². The summed E-state index contributed by atoms with van der Waals surface area (Å²) in [6, 6.07) is 3.23. The van der Waals surface area contributed by atoms with Gasteiger partial charge in [0.15, 0.2) is 0 Å². The van der Waals surface area contributed by atoms with Gasteiger partial charge in [0.2, 0.25) is 0 Å². The van der Waals surface area contributed by atoms with E-state index >= 15 is 0 Å². The highest BCUT2D eigenvalue weighted by atomic mass is 79.9. The molecule has 1 fully saturated rings. The number of rotatable bonds is 4. The summed E-state index contributed by atoms with van der Waals surface area (Å²) < 4.78 is 15.2. The van der Waals surface area contributed by atoms with E-state index in [0.29, 0.717) is 21.1 Å². The molecule has 2 heterocycles. The lowest BCUT2D eigenvalue weighted by Gasteiger charge is -2.15. The number of amides is 1. The van der Waals surface area contributed by atoms with Gasteiger partial charge in [0, 0.05) is 33.2 Å². The van der Waals surface area contributed by atoms with Crippen LogP contribution >= 0.6 is 15.9 Å². The Morgan fingerprint density at radius 2 is 2.08 bits per heavy atom. The molecule has 0 saturated carbocycles. The van der Waals surface area contributed by atoms with Crippen molar-refractivity contribution < 1.29 is 28.3 Å². The SMILES string of the molecule is C[C@H](C(=O)OCc1cc(=O)oc2cc(N)c(Br)cc12)[C@@H]1NC(=O)OC1=O. The van der Waals surface area contributed by atoms with E-state index in [2.05, 4.69) is 26.0 Å². The van der Waals surface area contributed by atoms with Gasteiger partial charge in [0.1, 0.15) is 18.2 Å². The monoisotopic (exact) mass is 424 g/mol. The molecule has 3 N–H and O–H groups in total. The van der Waals surface area contributed by atoms with Crippen LogP contribution < -0.4 is 16.7 Å². The number of hydrogen-bond acceptors (Lipinski definition) is 8. The third kappa shape index (κ3) is 3.40. The van der Waals surface area contributed by atoms with E-state index in [-0.39, 0.29) is 12.2 Å². The Balaban J connectivity index is 1.80. The van der Waals surface area contributed by atoms with Crippen molar-refractivity contribution in [2.24, 2.45) is 5.92 Å². The van der Waals surface area contributed by atoms with Gasteiger partial charge in [-0.3, -0.25) is 4.79 Å². The number of esters is 2. The molecule has 10 heteroatoms. The first-order chi connectivity index (χ1) is 12.3. The first-order valence-corrected chi connectivity index (χ1v) is 8.26. The maximum absolute atomic E-state index is 12.2. The molecule has 1 amide bonds. The van der Waals surface area contributed by atoms with Crippen LogP contribution in [0.1, 0.15) is 12.5 Å². The predicted molar refractivity (Wildman–Crippen MR) is 92.0 cm³/mol. The van der Waals surface area contributed by atoms with Crippen LogP contribution in [-0.2, 0) is 25.7 Å². The number of alkyl carbamates (subject to hydrolysis) is 1. The minimum atomic E-state index is -1.11. The quantitative estimate of drug-likeness (QED) is 0.325. The normalized spacial score (nSPS) is 17.7. The van der Waals surface area contributed by atoms with Crippen molar-refractivity contribution in [2.75, 3.05) is 5.73 Å². The highest BCUT2D eigenvalue weighted by molar-refractivity contribution is 9.10. The molecule has 1 aliphatic rings. The number of anilines is 1. The lowest BCUT2D eigenvalue weighted by atomic mass is 10.0. The number of fused-ring (bicyclic) bond motifs is 1. The first kappa shape index (κ1) is 17.9. The molecule has 1 aliphatic heterocycles. The number of cyclic esters (lactones) is 2. The number of nitrogen functional groups attached to an aromatic ring is 1. The van der Waals surface area contributed by atoms with Crippen molar-refractivity contribution >= 4 is 50.6 Å². The molecule has 0 spiro atoms. The fraction of sp³-hybridized carbons (Fsp3) is 0.250. The van der Waals surface area contributed by atoms with Gasteiger partial charge >= 0.3 is 23.7 Å². The van der Waals surface area contributed by atoms with Crippen LogP contribution in [0.5, 0.6) is 0 Å². The van der Waals surface area contributed by atoms with Gasteiger partial charge in [0.25, 0.3) is 0 Å². The molecule has 0 bridgehead atoms. The van der Waals surface area contributed by atoms with Crippen LogP contribution in [0.4, 0.5) is 10.5 Å². The minimum Gasteiger partial charge on any atom is -0.461 e.